The zero-order valence-electron chi connectivity index (χ0n) is 7.41. The Hall–Kier alpha value is -1.17. The Labute approximate surface area is 85.5 Å². The predicted octanol–water partition coefficient (Wildman–Crippen LogP) is 1.11. The Morgan fingerprint density at radius 3 is 2.57 bits per heavy atom. The summed E-state index contributed by atoms with van der Waals surface area (Å²) in [5.74, 6) is -1.10. The Morgan fingerprint density at radius 2 is 2.00 bits per heavy atom. The monoisotopic (exact) mass is 219 g/mol. The predicted molar refractivity (Wildman–Crippen MR) is 50.3 cm³/mol. The molecule has 0 radical (unpaired) electrons. The van der Waals surface area contributed by atoms with E-state index in [1.165, 1.54) is 7.11 Å². The maximum atomic E-state index is 9.39. The number of benzene rings is 1. The highest BCUT2D eigenvalue weighted by Gasteiger charge is 2.15. The number of hydrogen-bond donors (Lipinski definition) is 4. The maximum absolute atomic E-state index is 9.39. The SMILES string of the molecule is CONCc1c(O)c(O)cc(O)c1Cl. The van der Waals surface area contributed by atoms with Crippen LogP contribution in [0.15, 0.2) is 6.07 Å². The molecule has 0 saturated heterocycles. The summed E-state index contributed by atoms with van der Waals surface area (Å²) in [6.07, 6.45) is 0. The van der Waals surface area contributed by atoms with Crippen molar-refractivity contribution in [1.29, 1.82) is 0 Å². The normalized spacial score (nSPS) is 10.4. The van der Waals surface area contributed by atoms with Gasteiger partial charge in [0.1, 0.15) is 5.75 Å². The summed E-state index contributed by atoms with van der Waals surface area (Å²) < 4.78 is 0. The van der Waals surface area contributed by atoms with Crippen molar-refractivity contribution in [2.45, 2.75) is 6.54 Å². The zero-order chi connectivity index (χ0) is 10.7. The quantitative estimate of drug-likeness (QED) is 0.348. The van der Waals surface area contributed by atoms with E-state index in [2.05, 4.69) is 10.3 Å². The average molecular weight is 220 g/mol. The van der Waals surface area contributed by atoms with Gasteiger partial charge in [0.2, 0.25) is 0 Å². The summed E-state index contributed by atoms with van der Waals surface area (Å²) in [4.78, 5) is 4.55. The Balaban J connectivity index is 3.11. The van der Waals surface area contributed by atoms with Crippen molar-refractivity contribution in [1.82, 2.24) is 5.48 Å². The molecule has 6 heteroatoms. The highest BCUT2D eigenvalue weighted by Crippen LogP contribution is 2.40. The van der Waals surface area contributed by atoms with E-state index < -0.39 is 5.75 Å². The van der Waals surface area contributed by atoms with Crippen LogP contribution in [-0.2, 0) is 11.4 Å². The van der Waals surface area contributed by atoms with Crippen molar-refractivity contribution >= 4 is 11.6 Å². The minimum atomic E-state index is -0.431. The lowest BCUT2D eigenvalue weighted by atomic mass is 10.1. The van der Waals surface area contributed by atoms with Crippen molar-refractivity contribution in [2.75, 3.05) is 7.11 Å². The first-order valence-corrected chi connectivity index (χ1v) is 4.13. The van der Waals surface area contributed by atoms with Crippen LogP contribution in [0.25, 0.3) is 0 Å². The first kappa shape index (κ1) is 10.9. The topological polar surface area (TPSA) is 82.0 Å². The molecule has 0 spiro atoms. The molecule has 4 N–H and O–H groups in total. The van der Waals surface area contributed by atoms with Gasteiger partial charge >= 0.3 is 0 Å². The molecule has 1 aromatic rings. The van der Waals surface area contributed by atoms with E-state index in [-0.39, 0.29) is 28.6 Å². The van der Waals surface area contributed by atoms with Crippen molar-refractivity contribution < 1.29 is 20.2 Å². The molecule has 0 heterocycles. The molecule has 1 rings (SSSR count). The van der Waals surface area contributed by atoms with Gasteiger partial charge in [-0.3, -0.25) is 0 Å². The van der Waals surface area contributed by atoms with E-state index in [1.54, 1.807) is 0 Å². The summed E-state index contributed by atoms with van der Waals surface area (Å²) in [5, 5.41) is 27.8. The number of hydroxylamine groups is 1. The molecular weight excluding hydrogens is 210 g/mol. The van der Waals surface area contributed by atoms with Gasteiger partial charge in [-0.15, -0.1) is 0 Å². The van der Waals surface area contributed by atoms with Crippen LogP contribution in [0.4, 0.5) is 0 Å². The average Bonchev–Trinajstić information content (AvgIpc) is 2.15. The number of hydrogen-bond acceptors (Lipinski definition) is 5. The molecular formula is C8H10ClNO4. The zero-order valence-corrected chi connectivity index (χ0v) is 8.17. The van der Waals surface area contributed by atoms with Crippen molar-refractivity contribution in [3.63, 3.8) is 0 Å². The first-order valence-electron chi connectivity index (χ1n) is 3.76. The van der Waals surface area contributed by atoms with Crippen LogP contribution in [0.3, 0.4) is 0 Å². The van der Waals surface area contributed by atoms with Crippen LogP contribution in [0.5, 0.6) is 17.2 Å². The fourth-order valence-corrected chi connectivity index (χ4v) is 1.19. The highest BCUT2D eigenvalue weighted by molar-refractivity contribution is 6.33. The number of halogens is 1. The van der Waals surface area contributed by atoms with Crippen LogP contribution in [-0.4, -0.2) is 22.4 Å². The first-order chi connectivity index (χ1) is 6.57. The minimum Gasteiger partial charge on any atom is -0.506 e. The molecule has 0 aliphatic carbocycles. The molecule has 0 saturated carbocycles. The lowest BCUT2D eigenvalue weighted by Crippen LogP contribution is -2.11. The molecule has 1 aromatic carbocycles. The number of phenols is 3. The lowest BCUT2D eigenvalue weighted by molar-refractivity contribution is 0.0860. The van der Waals surface area contributed by atoms with Gasteiger partial charge in [0, 0.05) is 11.6 Å². The van der Waals surface area contributed by atoms with Gasteiger partial charge in [0.15, 0.2) is 11.5 Å². The maximum Gasteiger partial charge on any atom is 0.163 e. The van der Waals surface area contributed by atoms with Gasteiger partial charge in [-0.2, -0.15) is 5.48 Å². The smallest absolute Gasteiger partial charge is 0.163 e. The molecule has 0 amide bonds. The van der Waals surface area contributed by atoms with E-state index in [0.717, 1.165) is 6.07 Å². The molecule has 0 unspecified atom stereocenters. The van der Waals surface area contributed by atoms with E-state index in [4.69, 9.17) is 16.7 Å². The van der Waals surface area contributed by atoms with Crippen LogP contribution >= 0.6 is 11.6 Å². The highest BCUT2D eigenvalue weighted by atomic mass is 35.5. The van der Waals surface area contributed by atoms with Crippen LogP contribution < -0.4 is 5.48 Å². The summed E-state index contributed by atoms with van der Waals surface area (Å²) in [6, 6.07) is 0.966. The van der Waals surface area contributed by atoms with Gasteiger partial charge in [0.05, 0.1) is 18.7 Å². The largest absolute Gasteiger partial charge is 0.506 e. The molecule has 0 fully saturated rings. The number of nitrogens with one attached hydrogen (secondary N) is 1. The number of phenolic OH excluding ortho intramolecular Hbond substituents is 3. The summed E-state index contributed by atoms with van der Waals surface area (Å²) >= 11 is 5.69. The van der Waals surface area contributed by atoms with Gasteiger partial charge in [0.25, 0.3) is 0 Å². The molecule has 78 valence electrons. The van der Waals surface area contributed by atoms with Crippen molar-refractivity contribution in [2.24, 2.45) is 0 Å². The van der Waals surface area contributed by atoms with Gasteiger partial charge in [-0.1, -0.05) is 11.6 Å². The second-order valence-electron chi connectivity index (χ2n) is 2.58. The number of rotatable bonds is 3. The molecule has 0 bridgehead atoms. The van der Waals surface area contributed by atoms with Crippen LogP contribution in [0.1, 0.15) is 5.56 Å². The minimum absolute atomic E-state index is 0.0233. The number of aromatic hydroxyl groups is 3. The Bertz CT molecular complexity index is 316. The molecule has 14 heavy (non-hydrogen) atoms. The van der Waals surface area contributed by atoms with Gasteiger partial charge in [-0.05, 0) is 0 Å². The third kappa shape index (κ3) is 2.01. The summed E-state index contributed by atoms with van der Waals surface area (Å²) in [5.41, 5.74) is 2.61. The fourth-order valence-electron chi connectivity index (χ4n) is 0.980. The lowest BCUT2D eigenvalue weighted by Gasteiger charge is -2.10. The molecule has 0 aliphatic rings. The molecule has 0 aliphatic heterocycles. The Morgan fingerprint density at radius 1 is 1.36 bits per heavy atom. The second-order valence-corrected chi connectivity index (χ2v) is 2.96. The van der Waals surface area contributed by atoms with E-state index in [0.29, 0.717) is 0 Å². The van der Waals surface area contributed by atoms with Crippen molar-refractivity contribution in [3.8, 4) is 17.2 Å². The molecule has 0 atom stereocenters. The summed E-state index contributed by atoms with van der Waals surface area (Å²) in [7, 11) is 1.40. The third-order valence-electron chi connectivity index (χ3n) is 1.69. The van der Waals surface area contributed by atoms with Crippen LogP contribution in [0.2, 0.25) is 5.02 Å². The van der Waals surface area contributed by atoms with Gasteiger partial charge < -0.3 is 20.2 Å². The Kier molecular flexibility index (Phi) is 3.40. The second kappa shape index (κ2) is 4.36. The standard InChI is InChI=1S/C8H10ClNO4/c1-14-10-3-4-7(9)5(11)2-6(12)8(4)13/h2,10-13H,3H2,1H3. The van der Waals surface area contributed by atoms with E-state index in [9.17, 15) is 10.2 Å². The third-order valence-corrected chi connectivity index (χ3v) is 2.11. The van der Waals surface area contributed by atoms with Crippen LogP contribution in [0, 0.1) is 0 Å². The van der Waals surface area contributed by atoms with Gasteiger partial charge in [-0.25, -0.2) is 0 Å². The van der Waals surface area contributed by atoms with E-state index in [1.807, 2.05) is 0 Å². The molecule has 0 aromatic heterocycles. The molecule has 5 nitrogen and oxygen atoms in total. The van der Waals surface area contributed by atoms with E-state index >= 15 is 0 Å². The fraction of sp³-hybridized carbons (Fsp3) is 0.250. The summed E-state index contributed by atoms with van der Waals surface area (Å²) in [6.45, 7) is 0.0725. The van der Waals surface area contributed by atoms with Crippen molar-refractivity contribution in [3.05, 3.63) is 16.7 Å².